The molecule has 0 spiro atoms. The number of carboxylic acids is 2. The molecule has 1 fully saturated rings. The van der Waals surface area contributed by atoms with E-state index in [1.807, 2.05) is 0 Å². The van der Waals surface area contributed by atoms with E-state index in [-0.39, 0.29) is 38.8 Å². The second-order valence-corrected chi connectivity index (χ2v) is 9.20. The van der Waals surface area contributed by atoms with Crippen LogP contribution in [-0.4, -0.2) is 102 Å². The number of carbonyl (C=O) groups excluding carboxylic acids is 1. The van der Waals surface area contributed by atoms with Gasteiger partial charge in [0.1, 0.15) is 0 Å². The minimum Gasteiger partial charge on any atom is -0.479 e. The summed E-state index contributed by atoms with van der Waals surface area (Å²) in [6.45, 7) is 0.789. The number of nitrogens with one attached hydrogen (secondary N) is 2. The van der Waals surface area contributed by atoms with Crippen molar-refractivity contribution in [3.8, 4) is 0 Å². The number of aliphatic carboxylic acids is 2. The fourth-order valence-corrected chi connectivity index (χ4v) is 4.30. The Labute approximate surface area is 193 Å². The highest BCUT2D eigenvalue weighted by atomic mass is 32.2. The molecule has 3 atom stereocenters. The van der Waals surface area contributed by atoms with Crippen LogP contribution >= 0.6 is 0 Å². The predicted molar refractivity (Wildman–Crippen MR) is 111 cm³/mol. The first-order valence-electron chi connectivity index (χ1n) is 9.82. The molecule has 19 heteroatoms. The van der Waals surface area contributed by atoms with Crippen LogP contribution in [0.4, 0.5) is 13.2 Å². The number of carbonyl (C=O) groups is 3. The second kappa shape index (κ2) is 13.2. The summed E-state index contributed by atoms with van der Waals surface area (Å²) in [4.78, 5) is 33.0. The van der Waals surface area contributed by atoms with Crippen LogP contribution in [0.15, 0.2) is 0 Å². The van der Waals surface area contributed by atoms with E-state index in [2.05, 4.69) is 10.0 Å². The van der Waals surface area contributed by atoms with Crippen molar-refractivity contribution in [3.05, 3.63) is 0 Å². The molecule has 0 aliphatic carbocycles. The molecule has 1 saturated heterocycles. The number of alkyl halides is 3. The molecule has 1 rings (SSSR count). The number of hydrogen-bond acceptors (Lipinski definition) is 9. The molecular weight excluding hydrogens is 494 g/mol. The van der Waals surface area contributed by atoms with Crippen molar-refractivity contribution in [2.75, 3.05) is 26.2 Å². The van der Waals surface area contributed by atoms with Gasteiger partial charge in [0, 0.05) is 32.1 Å². The van der Waals surface area contributed by atoms with Gasteiger partial charge in [0.2, 0.25) is 5.91 Å². The maximum atomic E-state index is 12.4. The molecule has 0 bridgehead atoms. The number of hydrogen-bond donors (Lipinski definition) is 8. The van der Waals surface area contributed by atoms with E-state index in [0.29, 0.717) is 0 Å². The summed E-state index contributed by atoms with van der Waals surface area (Å²) in [5.74, 6) is -5.65. The minimum atomic E-state index is -5.08. The summed E-state index contributed by atoms with van der Waals surface area (Å²) in [6, 6.07) is -0.984. The molecule has 198 valence electrons. The lowest BCUT2D eigenvalue weighted by Gasteiger charge is -2.32. The zero-order valence-electron chi connectivity index (χ0n) is 18.2. The van der Waals surface area contributed by atoms with Crippen molar-refractivity contribution in [1.29, 1.82) is 0 Å². The molecule has 1 heterocycles. The Bertz CT molecular complexity index is 816. The number of nitrogens with zero attached hydrogens (tertiary/aromatic N) is 1. The van der Waals surface area contributed by atoms with Crippen LogP contribution in [0.1, 0.15) is 19.8 Å². The van der Waals surface area contributed by atoms with Gasteiger partial charge in [-0.2, -0.15) is 25.9 Å². The van der Waals surface area contributed by atoms with E-state index in [1.165, 1.54) is 6.92 Å². The molecule has 0 radical (unpaired) electrons. The first-order chi connectivity index (χ1) is 15.4. The van der Waals surface area contributed by atoms with E-state index >= 15 is 0 Å². The quantitative estimate of drug-likeness (QED) is 0.126. The number of rotatable bonds is 11. The summed E-state index contributed by atoms with van der Waals surface area (Å²) in [7, 11) is -5.56. The van der Waals surface area contributed by atoms with E-state index in [0.717, 1.165) is 4.31 Å². The van der Waals surface area contributed by atoms with Gasteiger partial charge >= 0.3 is 25.2 Å². The zero-order valence-corrected chi connectivity index (χ0v) is 19.0. The lowest BCUT2D eigenvalue weighted by molar-refractivity contribution is -0.192. The molecule has 1 aliphatic rings. The standard InChI is InChI=1S/C13H28BN5O7S.C2HF3O2/c1-9(16)11(20)18-13(12(21)22)8-19(27(25,26)17-6-5-15)7-10(13)3-2-4-14(23)24;3-2(4,5)1(6)7/h9-10,17,23-24H,2-8,15-16H2,1H3,(H,18,20)(H,21,22);(H,6,7)/t9-,10-,13-;/m0./s1. The Morgan fingerprint density at radius 3 is 2.18 bits per heavy atom. The smallest absolute Gasteiger partial charge is 0.479 e. The van der Waals surface area contributed by atoms with Crippen LogP contribution in [0.25, 0.3) is 0 Å². The SMILES string of the molecule is C[C@H](N)C(=O)N[C@@]1(C(=O)O)CN(S(=O)(=O)NCCN)C[C@@H]1CCCB(O)O.O=C(O)C(F)(F)F. The molecular formula is C15H29BF3N5O9S. The maximum absolute atomic E-state index is 12.4. The van der Waals surface area contributed by atoms with Crippen LogP contribution < -0.4 is 21.5 Å². The Morgan fingerprint density at radius 2 is 1.79 bits per heavy atom. The third kappa shape index (κ3) is 9.68. The molecule has 1 aliphatic heterocycles. The van der Waals surface area contributed by atoms with Gasteiger partial charge in [-0.25, -0.2) is 14.3 Å². The fraction of sp³-hybridized carbons (Fsp3) is 0.800. The van der Waals surface area contributed by atoms with Crippen molar-refractivity contribution >= 4 is 35.2 Å². The van der Waals surface area contributed by atoms with E-state index in [4.69, 9.17) is 31.4 Å². The van der Waals surface area contributed by atoms with Crippen LogP contribution in [0, 0.1) is 5.92 Å². The minimum absolute atomic E-state index is 0.00832. The van der Waals surface area contributed by atoms with Gasteiger partial charge in [0.15, 0.2) is 5.54 Å². The van der Waals surface area contributed by atoms with Crippen molar-refractivity contribution < 1.29 is 56.2 Å². The van der Waals surface area contributed by atoms with Crippen molar-refractivity contribution in [1.82, 2.24) is 14.3 Å². The summed E-state index contributed by atoms with van der Waals surface area (Å²) in [5.41, 5.74) is 8.94. The third-order valence-corrected chi connectivity index (χ3v) is 6.24. The van der Waals surface area contributed by atoms with Crippen molar-refractivity contribution in [3.63, 3.8) is 0 Å². The number of nitrogens with two attached hydrogens (primary N) is 2. The molecule has 0 aromatic heterocycles. The number of carboxylic acid groups (broad SMARTS) is 2. The first-order valence-corrected chi connectivity index (χ1v) is 11.3. The summed E-state index contributed by atoms with van der Waals surface area (Å²) in [6.07, 6.45) is -4.70. The summed E-state index contributed by atoms with van der Waals surface area (Å²) >= 11 is 0. The normalized spacial score (nSPS) is 21.8. The van der Waals surface area contributed by atoms with Gasteiger partial charge in [-0.1, -0.05) is 6.42 Å². The van der Waals surface area contributed by atoms with Crippen LogP contribution in [0.2, 0.25) is 6.32 Å². The maximum Gasteiger partial charge on any atom is 0.490 e. The van der Waals surface area contributed by atoms with Crippen molar-refractivity contribution in [2.45, 2.75) is 43.8 Å². The summed E-state index contributed by atoms with van der Waals surface area (Å²) in [5, 5.41) is 37.3. The van der Waals surface area contributed by atoms with Gasteiger partial charge in [-0.05, 0) is 19.7 Å². The van der Waals surface area contributed by atoms with Crippen molar-refractivity contribution in [2.24, 2.45) is 17.4 Å². The van der Waals surface area contributed by atoms with E-state index in [9.17, 15) is 36.3 Å². The molecule has 0 aromatic rings. The average molecular weight is 523 g/mol. The highest BCUT2D eigenvalue weighted by Gasteiger charge is 2.56. The highest BCUT2D eigenvalue weighted by molar-refractivity contribution is 7.87. The topological polar surface area (TPSA) is 246 Å². The van der Waals surface area contributed by atoms with Gasteiger partial charge in [0.05, 0.1) is 6.04 Å². The largest absolute Gasteiger partial charge is 0.490 e. The Balaban J connectivity index is 0.00000135. The second-order valence-electron chi connectivity index (χ2n) is 7.45. The molecule has 0 aromatic carbocycles. The average Bonchev–Trinajstić information content (AvgIpc) is 3.06. The third-order valence-electron chi connectivity index (χ3n) is 4.71. The van der Waals surface area contributed by atoms with Gasteiger partial charge in [-0.15, -0.1) is 0 Å². The molecule has 1 amide bonds. The first kappa shape index (κ1) is 32.0. The predicted octanol–water partition coefficient (Wildman–Crippen LogP) is -3.12. The number of amides is 1. The van der Waals surface area contributed by atoms with E-state index < -0.39 is 65.4 Å². The van der Waals surface area contributed by atoms with Crippen LogP contribution in [0.3, 0.4) is 0 Å². The van der Waals surface area contributed by atoms with Gasteiger partial charge in [-0.3, -0.25) is 4.79 Å². The van der Waals surface area contributed by atoms with Gasteiger partial charge < -0.3 is 37.0 Å². The fourth-order valence-electron chi connectivity index (χ4n) is 2.99. The van der Waals surface area contributed by atoms with Crippen LogP contribution in [0.5, 0.6) is 0 Å². The highest BCUT2D eigenvalue weighted by Crippen LogP contribution is 2.34. The van der Waals surface area contributed by atoms with E-state index in [1.54, 1.807) is 0 Å². The summed E-state index contributed by atoms with van der Waals surface area (Å²) < 4.78 is 59.7. The molecule has 34 heavy (non-hydrogen) atoms. The monoisotopic (exact) mass is 523 g/mol. The molecule has 0 unspecified atom stereocenters. The van der Waals surface area contributed by atoms with Crippen LogP contribution in [-0.2, 0) is 24.6 Å². The Kier molecular flexibility index (Phi) is 12.4. The lowest BCUT2D eigenvalue weighted by Crippen LogP contribution is -2.62. The molecule has 14 nitrogen and oxygen atoms in total. The Morgan fingerprint density at radius 1 is 1.26 bits per heavy atom. The Hall–Kier alpha value is -2.03. The lowest BCUT2D eigenvalue weighted by atomic mass is 9.78. The zero-order chi connectivity index (χ0) is 26.9. The molecule has 0 saturated carbocycles. The number of halogens is 3. The van der Waals surface area contributed by atoms with Gasteiger partial charge in [0.25, 0.3) is 10.2 Å². The molecule has 10 N–H and O–H groups in total.